The van der Waals surface area contributed by atoms with Gasteiger partial charge in [0.2, 0.25) is 0 Å². The van der Waals surface area contributed by atoms with Crippen LogP contribution in [-0.2, 0) is 6.61 Å². The minimum Gasteiger partial charge on any atom is -0.392 e. The Balaban J connectivity index is 2.25. The van der Waals surface area contributed by atoms with Crippen LogP contribution in [0, 0.1) is 5.82 Å². The van der Waals surface area contributed by atoms with Crippen LogP contribution in [0.3, 0.4) is 0 Å². The van der Waals surface area contributed by atoms with E-state index in [0.717, 1.165) is 16.8 Å². The smallest absolute Gasteiger partial charge is 0.160 e. The Hall–Kier alpha value is -2.59. The van der Waals surface area contributed by atoms with Crippen LogP contribution in [0.5, 0.6) is 0 Å². The van der Waals surface area contributed by atoms with Crippen molar-refractivity contribution in [1.29, 1.82) is 0 Å². The van der Waals surface area contributed by atoms with Gasteiger partial charge in [0.15, 0.2) is 5.82 Å². The molecule has 0 saturated heterocycles. The van der Waals surface area contributed by atoms with Crippen molar-refractivity contribution in [3.63, 3.8) is 0 Å². The monoisotopic (exact) mass is 322 g/mol. The van der Waals surface area contributed by atoms with Crippen molar-refractivity contribution in [1.82, 2.24) is 9.97 Å². The molecule has 0 radical (unpaired) electrons. The first-order valence-electron chi connectivity index (χ1n) is 7.93. The van der Waals surface area contributed by atoms with E-state index in [4.69, 9.17) is 0 Å². The quantitative estimate of drug-likeness (QED) is 0.765. The highest BCUT2D eigenvalue weighted by Gasteiger charge is 2.18. The highest BCUT2D eigenvalue weighted by molar-refractivity contribution is 5.68. The molecule has 3 rings (SSSR count). The molecule has 0 aliphatic rings. The summed E-state index contributed by atoms with van der Waals surface area (Å²) in [6.07, 6.45) is 0. The number of rotatable bonds is 4. The van der Waals surface area contributed by atoms with E-state index < -0.39 is 0 Å². The number of halogens is 1. The van der Waals surface area contributed by atoms with E-state index in [1.807, 2.05) is 44.2 Å². The third kappa shape index (κ3) is 3.19. The number of hydrogen-bond donors (Lipinski definition) is 1. The number of aliphatic hydroxyl groups is 1. The molecule has 1 aromatic heterocycles. The molecule has 3 aromatic rings. The first kappa shape index (κ1) is 16.3. The van der Waals surface area contributed by atoms with Crippen molar-refractivity contribution in [2.75, 3.05) is 0 Å². The van der Waals surface area contributed by atoms with Crippen LogP contribution in [-0.4, -0.2) is 15.1 Å². The van der Waals surface area contributed by atoms with Gasteiger partial charge in [0.05, 0.1) is 18.0 Å². The standard InChI is InChI=1S/C20H19FN2O/c1-13(2)18-17(12-24)19(14-8-10-16(21)11-9-14)23-20(22-18)15-6-4-3-5-7-15/h3-11,13,24H,12H2,1-2H3. The summed E-state index contributed by atoms with van der Waals surface area (Å²) in [7, 11) is 0. The molecule has 0 bridgehead atoms. The highest BCUT2D eigenvalue weighted by atomic mass is 19.1. The summed E-state index contributed by atoms with van der Waals surface area (Å²) >= 11 is 0. The van der Waals surface area contributed by atoms with Gasteiger partial charge in [-0.05, 0) is 30.2 Å². The lowest BCUT2D eigenvalue weighted by molar-refractivity contribution is 0.279. The molecule has 0 atom stereocenters. The molecule has 1 N–H and O–H groups in total. The van der Waals surface area contributed by atoms with Crippen LogP contribution in [0.2, 0.25) is 0 Å². The molecule has 0 amide bonds. The minimum absolute atomic E-state index is 0.136. The number of hydrogen-bond acceptors (Lipinski definition) is 3. The summed E-state index contributed by atoms with van der Waals surface area (Å²) in [6, 6.07) is 15.9. The average Bonchev–Trinajstić information content (AvgIpc) is 2.62. The predicted octanol–water partition coefficient (Wildman–Crippen LogP) is 4.57. The van der Waals surface area contributed by atoms with Crippen molar-refractivity contribution in [3.8, 4) is 22.6 Å². The predicted molar refractivity (Wildman–Crippen MR) is 92.9 cm³/mol. The summed E-state index contributed by atoms with van der Waals surface area (Å²) in [6.45, 7) is 3.91. The Morgan fingerprint density at radius 3 is 2.17 bits per heavy atom. The fourth-order valence-corrected chi connectivity index (χ4v) is 2.70. The van der Waals surface area contributed by atoms with Crippen LogP contribution >= 0.6 is 0 Å². The first-order chi connectivity index (χ1) is 11.6. The van der Waals surface area contributed by atoms with Crippen molar-refractivity contribution in [2.24, 2.45) is 0 Å². The minimum atomic E-state index is -0.300. The molecule has 0 saturated carbocycles. The Kier molecular flexibility index (Phi) is 4.67. The summed E-state index contributed by atoms with van der Waals surface area (Å²) in [5.41, 5.74) is 3.83. The van der Waals surface area contributed by atoms with Gasteiger partial charge in [-0.1, -0.05) is 44.2 Å². The fourth-order valence-electron chi connectivity index (χ4n) is 2.70. The molecule has 0 unspecified atom stereocenters. The van der Waals surface area contributed by atoms with Crippen molar-refractivity contribution >= 4 is 0 Å². The largest absolute Gasteiger partial charge is 0.392 e. The molecule has 3 nitrogen and oxygen atoms in total. The van der Waals surface area contributed by atoms with E-state index in [9.17, 15) is 9.50 Å². The van der Waals surface area contributed by atoms with Gasteiger partial charge >= 0.3 is 0 Å². The maximum absolute atomic E-state index is 13.3. The van der Waals surface area contributed by atoms with E-state index in [1.165, 1.54) is 12.1 Å². The van der Waals surface area contributed by atoms with E-state index in [-0.39, 0.29) is 18.3 Å². The molecule has 0 spiro atoms. The zero-order chi connectivity index (χ0) is 17.1. The summed E-state index contributed by atoms with van der Waals surface area (Å²) < 4.78 is 13.3. The van der Waals surface area contributed by atoms with Crippen molar-refractivity contribution < 1.29 is 9.50 Å². The fraction of sp³-hybridized carbons (Fsp3) is 0.200. The van der Waals surface area contributed by atoms with Crippen LogP contribution in [0.4, 0.5) is 4.39 Å². The number of aliphatic hydroxyl groups excluding tert-OH is 1. The van der Waals surface area contributed by atoms with Gasteiger partial charge in [-0.3, -0.25) is 0 Å². The Bertz CT molecular complexity index is 830. The molecule has 2 aromatic carbocycles. The molecule has 0 aliphatic carbocycles. The van der Waals surface area contributed by atoms with Gasteiger partial charge in [0.25, 0.3) is 0 Å². The van der Waals surface area contributed by atoms with E-state index >= 15 is 0 Å². The molecular weight excluding hydrogens is 303 g/mol. The van der Waals surface area contributed by atoms with Gasteiger partial charge in [-0.25, -0.2) is 14.4 Å². The maximum atomic E-state index is 13.3. The number of benzene rings is 2. The third-order valence-corrected chi connectivity index (χ3v) is 3.89. The Morgan fingerprint density at radius 2 is 1.58 bits per heavy atom. The highest BCUT2D eigenvalue weighted by Crippen LogP contribution is 2.30. The first-order valence-corrected chi connectivity index (χ1v) is 7.93. The summed E-state index contributed by atoms with van der Waals surface area (Å²) in [5.74, 6) is 0.443. The summed E-state index contributed by atoms with van der Waals surface area (Å²) in [4.78, 5) is 9.34. The molecular formula is C20H19FN2O. The van der Waals surface area contributed by atoms with E-state index in [0.29, 0.717) is 17.1 Å². The van der Waals surface area contributed by atoms with Crippen molar-refractivity contribution in [2.45, 2.75) is 26.4 Å². The Labute approximate surface area is 140 Å². The van der Waals surface area contributed by atoms with Crippen LogP contribution < -0.4 is 0 Å². The second-order valence-electron chi connectivity index (χ2n) is 5.95. The topological polar surface area (TPSA) is 46.0 Å². The molecule has 4 heteroatoms. The molecule has 0 aliphatic heterocycles. The molecule has 0 fully saturated rings. The van der Waals surface area contributed by atoms with Crippen molar-refractivity contribution in [3.05, 3.63) is 71.7 Å². The lowest BCUT2D eigenvalue weighted by Gasteiger charge is -2.16. The lowest BCUT2D eigenvalue weighted by atomic mass is 9.98. The maximum Gasteiger partial charge on any atom is 0.160 e. The van der Waals surface area contributed by atoms with Gasteiger partial charge in [0, 0.05) is 16.7 Å². The van der Waals surface area contributed by atoms with Gasteiger partial charge in [0.1, 0.15) is 5.82 Å². The normalized spacial score (nSPS) is 11.0. The Morgan fingerprint density at radius 1 is 0.917 bits per heavy atom. The van der Waals surface area contributed by atoms with Crippen LogP contribution in [0.1, 0.15) is 31.0 Å². The summed E-state index contributed by atoms with van der Waals surface area (Å²) in [5, 5.41) is 9.87. The zero-order valence-corrected chi connectivity index (χ0v) is 13.7. The number of aromatic nitrogens is 2. The zero-order valence-electron chi connectivity index (χ0n) is 13.7. The lowest BCUT2D eigenvalue weighted by Crippen LogP contribution is -2.07. The molecule has 1 heterocycles. The van der Waals surface area contributed by atoms with Crippen LogP contribution in [0.15, 0.2) is 54.6 Å². The van der Waals surface area contributed by atoms with Gasteiger partial charge < -0.3 is 5.11 Å². The van der Waals surface area contributed by atoms with Gasteiger partial charge in [-0.2, -0.15) is 0 Å². The average molecular weight is 322 g/mol. The SMILES string of the molecule is CC(C)c1nc(-c2ccccc2)nc(-c2ccc(F)cc2)c1CO. The second-order valence-corrected chi connectivity index (χ2v) is 5.95. The second kappa shape index (κ2) is 6.89. The van der Waals surface area contributed by atoms with E-state index in [1.54, 1.807) is 12.1 Å². The van der Waals surface area contributed by atoms with E-state index in [2.05, 4.69) is 9.97 Å². The third-order valence-electron chi connectivity index (χ3n) is 3.89. The van der Waals surface area contributed by atoms with Gasteiger partial charge in [-0.15, -0.1) is 0 Å². The number of nitrogens with zero attached hydrogens (tertiary/aromatic N) is 2. The molecule has 24 heavy (non-hydrogen) atoms. The van der Waals surface area contributed by atoms with Crippen LogP contribution in [0.25, 0.3) is 22.6 Å². The molecule has 122 valence electrons.